The van der Waals surface area contributed by atoms with E-state index < -0.39 is 19.9 Å². The number of nitrogens with zero attached hydrogens (tertiary/aromatic N) is 3. The summed E-state index contributed by atoms with van der Waals surface area (Å²) in [7, 11) is -5.31. The van der Waals surface area contributed by atoms with Crippen molar-refractivity contribution in [2.45, 2.75) is 16.3 Å². The van der Waals surface area contributed by atoms with E-state index in [4.69, 9.17) is 0 Å². The SMILES string of the molecule is CN(C(=O)/C=C\c1ccc(S(C)(=O)=O)cc1)c1ccc(S(=O)(=O)N2CCN(Cc3ccccc3)CC2)cc1. The zero-order valence-corrected chi connectivity index (χ0v) is 23.0. The summed E-state index contributed by atoms with van der Waals surface area (Å²) in [5, 5.41) is 0. The molecule has 3 aromatic carbocycles. The zero-order valence-electron chi connectivity index (χ0n) is 21.4. The second-order valence-corrected chi connectivity index (χ2v) is 13.2. The van der Waals surface area contributed by atoms with Crippen LogP contribution in [-0.2, 0) is 31.2 Å². The lowest BCUT2D eigenvalue weighted by Crippen LogP contribution is -2.48. The quantitative estimate of drug-likeness (QED) is 0.398. The maximum Gasteiger partial charge on any atom is 0.250 e. The molecule has 0 spiro atoms. The fourth-order valence-corrected chi connectivity index (χ4v) is 6.25. The van der Waals surface area contributed by atoms with Crippen LogP contribution < -0.4 is 4.90 Å². The number of sulfonamides is 1. The lowest BCUT2D eigenvalue weighted by atomic mass is 10.2. The summed E-state index contributed by atoms with van der Waals surface area (Å²) in [4.78, 5) is 16.7. The molecule has 0 N–H and O–H groups in total. The lowest BCUT2D eigenvalue weighted by molar-refractivity contribution is -0.113. The minimum absolute atomic E-state index is 0.195. The highest BCUT2D eigenvalue weighted by molar-refractivity contribution is 7.90. The van der Waals surface area contributed by atoms with Crippen LogP contribution in [0.2, 0.25) is 0 Å². The average molecular weight is 554 g/mol. The van der Waals surface area contributed by atoms with Crippen molar-refractivity contribution in [3.05, 3.63) is 96.1 Å². The zero-order chi connectivity index (χ0) is 27.3. The summed E-state index contributed by atoms with van der Waals surface area (Å²) < 4.78 is 51.1. The molecule has 200 valence electrons. The first-order valence-corrected chi connectivity index (χ1v) is 15.5. The van der Waals surface area contributed by atoms with Crippen LogP contribution in [0.5, 0.6) is 0 Å². The van der Waals surface area contributed by atoms with E-state index in [1.165, 1.54) is 45.1 Å². The van der Waals surface area contributed by atoms with Crippen LogP contribution in [0.3, 0.4) is 0 Å². The Bertz CT molecular complexity index is 1490. The highest BCUT2D eigenvalue weighted by Crippen LogP contribution is 2.22. The molecule has 0 saturated carbocycles. The summed E-state index contributed by atoms with van der Waals surface area (Å²) in [5.41, 5.74) is 2.45. The molecule has 0 radical (unpaired) electrons. The minimum atomic E-state index is -3.63. The van der Waals surface area contributed by atoms with Crippen molar-refractivity contribution in [3.8, 4) is 0 Å². The van der Waals surface area contributed by atoms with E-state index in [0.29, 0.717) is 37.4 Å². The molecular formula is C28H31N3O5S2. The number of likely N-dealkylation sites (N-methyl/N-ethyl adjacent to an activating group) is 1. The normalized spacial score (nSPS) is 15.5. The Hall–Kier alpha value is -3.31. The molecule has 1 saturated heterocycles. The smallest absolute Gasteiger partial charge is 0.250 e. The summed E-state index contributed by atoms with van der Waals surface area (Å²) in [6.45, 7) is 2.96. The molecule has 1 aliphatic heterocycles. The van der Waals surface area contributed by atoms with Gasteiger partial charge in [0.05, 0.1) is 9.79 Å². The van der Waals surface area contributed by atoms with Crippen molar-refractivity contribution in [1.82, 2.24) is 9.21 Å². The van der Waals surface area contributed by atoms with E-state index in [-0.39, 0.29) is 15.7 Å². The molecular weight excluding hydrogens is 522 g/mol. The molecule has 0 aliphatic carbocycles. The van der Waals surface area contributed by atoms with Crippen molar-refractivity contribution < 1.29 is 21.6 Å². The van der Waals surface area contributed by atoms with E-state index in [0.717, 1.165) is 12.8 Å². The number of anilines is 1. The van der Waals surface area contributed by atoms with Crippen LogP contribution in [0, 0.1) is 0 Å². The minimum Gasteiger partial charge on any atom is -0.312 e. The van der Waals surface area contributed by atoms with Gasteiger partial charge in [-0.05, 0) is 53.6 Å². The first-order chi connectivity index (χ1) is 18.0. The first-order valence-electron chi connectivity index (χ1n) is 12.2. The van der Waals surface area contributed by atoms with Crippen molar-refractivity contribution in [3.63, 3.8) is 0 Å². The number of carbonyl (C=O) groups is 1. The van der Waals surface area contributed by atoms with Crippen LogP contribution in [0.15, 0.2) is 94.7 Å². The molecule has 1 heterocycles. The van der Waals surface area contributed by atoms with Crippen LogP contribution in [0.4, 0.5) is 5.69 Å². The van der Waals surface area contributed by atoms with Gasteiger partial charge < -0.3 is 4.90 Å². The summed E-state index contributed by atoms with van der Waals surface area (Å²) in [6.07, 6.45) is 4.12. The predicted molar refractivity (Wildman–Crippen MR) is 149 cm³/mol. The monoisotopic (exact) mass is 553 g/mol. The van der Waals surface area contributed by atoms with Gasteiger partial charge in [0.15, 0.2) is 9.84 Å². The summed E-state index contributed by atoms with van der Waals surface area (Å²) >= 11 is 0. The van der Waals surface area contributed by atoms with Crippen LogP contribution in [0.1, 0.15) is 11.1 Å². The number of benzene rings is 3. The molecule has 3 aromatic rings. The molecule has 0 aromatic heterocycles. The third-order valence-electron chi connectivity index (χ3n) is 6.50. The highest BCUT2D eigenvalue weighted by Gasteiger charge is 2.28. The molecule has 1 amide bonds. The first kappa shape index (κ1) is 27.7. The third kappa shape index (κ3) is 6.76. The van der Waals surface area contributed by atoms with E-state index >= 15 is 0 Å². The van der Waals surface area contributed by atoms with Crippen molar-refractivity contribution in [2.75, 3.05) is 44.4 Å². The van der Waals surface area contributed by atoms with Crippen LogP contribution in [-0.4, -0.2) is 71.4 Å². The van der Waals surface area contributed by atoms with E-state index in [1.807, 2.05) is 18.2 Å². The molecule has 4 rings (SSSR count). The fourth-order valence-electron chi connectivity index (χ4n) is 4.19. The maximum atomic E-state index is 13.2. The van der Waals surface area contributed by atoms with Gasteiger partial charge in [0.25, 0.3) is 5.91 Å². The van der Waals surface area contributed by atoms with Crippen LogP contribution >= 0.6 is 0 Å². The molecule has 8 nitrogen and oxygen atoms in total. The Kier molecular flexibility index (Phi) is 8.47. The summed E-state index contributed by atoms with van der Waals surface area (Å²) in [5.74, 6) is -0.303. The second-order valence-electron chi connectivity index (χ2n) is 9.23. The van der Waals surface area contributed by atoms with Crippen molar-refractivity contribution in [1.29, 1.82) is 0 Å². The van der Waals surface area contributed by atoms with Crippen LogP contribution in [0.25, 0.3) is 6.08 Å². The molecule has 0 unspecified atom stereocenters. The molecule has 10 heteroatoms. The Labute approximate surface area is 224 Å². The van der Waals surface area contributed by atoms with E-state index in [2.05, 4.69) is 17.0 Å². The number of amides is 1. The molecule has 0 bridgehead atoms. The molecule has 38 heavy (non-hydrogen) atoms. The summed E-state index contributed by atoms with van der Waals surface area (Å²) in [6, 6.07) is 22.6. The third-order valence-corrected chi connectivity index (χ3v) is 9.54. The molecule has 0 atom stereocenters. The van der Waals surface area contributed by atoms with E-state index in [9.17, 15) is 21.6 Å². The number of hydrogen-bond acceptors (Lipinski definition) is 6. The van der Waals surface area contributed by atoms with E-state index in [1.54, 1.807) is 37.4 Å². The Balaban J connectivity index is 1.35. The Morgan fingerprint density at radius 3 is 1.97 bits per heavy atom. The molecule has 1 fully saturated rings. The fraction of sp³-hybridized carbons (Fsp3) is 0.250. The van der Waals surface area contributed by atoms with Gasteiger partial charge in [0, 0.05) is 57.8 Å². The average Bonchev–Trinajstić information content (AvgIpc) is 2.92. The van der Waals surface area contributed by atoms with Gasteiger partial charge in [-0.25, -0.2) is 16.8 Å². The predicted octanol–water partition coefficient (Wildman–Crippen LogP) is 3.27. The number of hydrogen-bond donors (Lipinski definition) is 0. The Morgan fingerprint density at radius 2 is 1.39 bits per heavy atom. The van der Waals surface area contributed by atoms with Gasteiger partial charge in [-0.1, -0.05) is 42.5 Å². The maximum absolute atomic E-state index is 13.2. The highest BCUT2D eigenvalue weighted by atomic mass is 32.2. The van der Waals surface area contributed by atoms with Gasteiger partial charge in [0.2, 0.25) is 10.0 Å². The number of sulfone groups is 1. The number of piperazine rings is 1. The lowest BCUT2D eigenvalue weighted by Gasteiger charge is -2.34. The molecule has 1 aliphatic rings. The number of carbonyl (C=O) groups excluding carboxylic acids is 1. The number of rotatable bonds is 8. The second kappa shape index (κ2) is 11.6. The van der Waals surface area contributed by atoms with Crippen molar-refractivity contribution >= 4 is 37.5 Å². The van der Waals surface area contributed by atoms with Gasteiger partial charge in [0.1, 0.15) is 0 Å². The van der Waals surface area contributed by atoms with Gasteiger partial charge in [-0.3, -0.25) is 9.69 Å². The van der Waals surface area contributed by atoms with Gasteiger partial charge in [-0.2, -0.15) is 4.31 Å². The van der Waals surface area contributed by atoms with Crippen molar-refractivity contribution in [2.24, 2.45) is 0 Å². The van der Waals surface area contributed by atoms with Gasteiger partial charge >= 0.3 is 0 Å². The Morgan fingerprint density at radius 1 is 0.816 bits per heavy atom. The standard InChI is InChI=1S/C28H31N3O5S2/c1-29(28(32)17-10-23-8-13-26(14-9-23)37(2,33)34)25-11-15-27(16-12-25)38(35,36)31-20-18-30(19-21-31)22-24-6-4-3-5-7-24/h3-17H,18-22H2,1-2H3/b17-10-. The topological polar surface area (TPSA) is 95.1 Å². The largest absolute Gasteiger partial charge is 0.312 e. The van der Waals surface area contributed by atoms with Gasteiger partial charge in [-0.15, -0.1) is 0 Å².